The number of esters is 1. The Morgan fingerprint density at radius 1 is 1.19 bits per heavy atom. The molecular formula is C19H17ClF3N3O5S. The van der Waals surface area contributed by atoms with Gasteiger partial charge in [0.25, 0.3) is 5.91 Å². The molecule has 0 fully saturated rings. The standard InChI is InChI=1S/C19H17ClF3N3O5S/c1-31-18(28)13-5-3-12(4-6-13)10-24-25-17(27)11-26(32(2,29)30)16-9-14(19(21,22)23)7-8-15(16)20/h3-10H,11H2,1-2H3,(H,25,27)/b24-10+. The van der Waals surface area contributed by atoms with Crippen molar-refractivity contribution < 1.29 is 35.9 Å². The van der Waals surface area contributed by atoms with Gasteiger partial charge in [-0.1, -0.05) is 23.7 Å². The zero-order valence-corrected chi connectivity index (χ0v) is 18.3. The first-order chi connectivity index (χ1) is 14.8. The molecule has 2 aromatic carbocycles. The van der Waals surface area contributed by atoms with Crippen LogP contribution in [-0.2, 0) is 25.7 Å². The van der Waals surface area contributed by atoms with Crippen molar-refractivity contribution in [2.45, 2.75) is 6.18 Å². The predicted molar refractivity (Wildman–Crippen MR) is 112 cm³/mol. The van der Waals surface area contributed by atoms with E-state index >= 15 is 0 Å². The minimum atomic E-state index is -4.74. The van der Waals surface area contributed by atoms with Crippen molar-refractivity contribution in [1.82, 2.24) is 5.43 Å². The summed E-state index contributed by atoms with van der Waals surface area (Å²) in [5, 5.41) is 3.38. The van der Waals surface area contributed by atoms with E-state index in [4.69, 9.17) is 11.6 Å². The second-order valence-electron chi connectivity index (χ2n) is 6.34. The molecule has 0 atom stereocenters. The summed E-state index contributed by atoms with van der Waals surface area (Å²) in [6.07, 6.45) is -2.79. The lowest BCUT2D eigenvalue weighted by atomic mass is 10.1. The van der Waals surface area contributed by atoms with E-state index in [0.29, 0.717) is 27.6 Å². The van der Waals surface area contributed by atoms with E-state index in [9.17, 15) is 31.2 Å². The van der Waals surface area contributed by atoms with Crippen LogP contribution in [0.15, 0.2) is 47.6 Å². The highest BCUT2D eigenvalue weighted by Gasteiger charge is 2.33. The number of alkyl halides is 3. The summed E-state index contributed by atoms with van der Waals surface area (Å²) >= 11 is 5.89. The van der Waals surface area contributed by atoms with Crippen LogP contribution in [0.1, 0.15) is 21.5 Å². The lowest BCUT2D eigenvalue weighted by Gasteiger charge is -2.23. The number of amides is 1. The first kappa shape index (κ1) is 25.1. The summed E-state index contributed by atoms with van der Waals surface area (Å²) in [6.45, 7) is -0.863. The van der Waals surface area contributed by atoms with Gasteiger partial charge in [-0.25, -0.2) is 18.6 Å². The van der Waals surface area contributed by atoms with Crippen LogP contribution in [0, 0.1) is 0 Å². The van der Waals surface area contributed by atoms with Crippen molar-refractivity contribution in [3.05, 3.63) is 64.2 Å². The molecule has 1 N–H and O–H groups in total. The fourth-order valence-electron chi connectivity index (χ4n) is 2.43. The topological polar surface area (TPSA) is 105 Å². The smallest absolute Gasteiger partial charge is 0.416 e. The summed E-state index contributed by atoms with van der Waals surface area (Å²) < 4.78 is 68.3. The quantitative estimate of drug-likeness (QED) is 0.364. The Kier molecular flexibility index (Phi) is 7.86. The van der Waals surface area contributed by atoms with Crippen LogP contribution in [0.3, 0.4) is 0 Å². The van der Waals surface area contributed by atoms with Gasteiger partial charge in [-0.3, -0.25) is 9.10 Å². The van der Waals surface area contributed by atoms with E-state index in [2.05, 4.69) is 15.3 Å². The van der Waals surface area contributed by atoms with Crippen LogP contribution in [0.2, 0.25) is 5.02 Å². The van der Waals surface area contributed by atoms with Crippen molar-refractivity contribution in [3.8, 4) is 0 Å². The molecule has 0 bridgehead atoms. The number of nitrogens with zero attached hydrogens (tertiary/aromatic N) is 2. The lowest BCUT2D eigenvalue weighted by molar-refractivity contribution is -0.137. The Hall–Kier alpha value is -3.12. The number of hydrazone groups is 1. The number of ether oxygens (including phenoxy) is 1. The van der Waals surface area contributed by atoms with Gasteiger partial charge in [0, 0.05) is 0 Å². The van der Waals surface area contributed by atoms with E-state index in [1.54, 1.807) is 0 Å². The fourth-order valence-corrected chi connectivity index (χ4v) is 3.56. The molecule has 13 heteroatoms. The minimum Gasteiger partial charge on any atom is -0.465 e. The maximum absolute atomic E-state index is 13.0. The summed E-state index contributed by atoms with van der Waals surface area (Å²) in [6, 6.07) is 8.11. The molecule has 0 aromatic heterocycles. The summed E-state index contributed by atoms with van der Waals surface area (Å²) in [5.41, 5.74) is 1.26. The molecule has 0 aliphatic carbocycles. The zero-order valence-electron chi connectivity index (χ0n) is 16.7. The second kappa shape index (κ2) is 10.0. The van der Waals surface area contributed by atoms with Crippen LogP contribution < -0.4 is 9.73 Å². The van der Waals surface area contributed by atoms with Crippen molar-refractivity contribution in [2.75, 3.05) is 24.2 Å². The molecule has 2 aromatic rings. The third-order valence-electron chi connectivity index (χ3n) is 3.96. The Balaban J connectivity index is 2.16. The molecule has 0 heterocycles. The molecule has 32 heavy (non-hydrogen) atoms. The number of rotatable bonds is 7. The van der Waals surface area contributed by atoms with Crippen LogP contribution >= 0.6 is 11.6 Å². The Morgan fingerprint density at radius 3 is 2.34 bits per heavy atom. The summed E-state index contributed by atoms with van der Waals surface area (Å²) in [5.74, 6) is -1.46. The molecule has 0 saturated heterocycles. The molecule has 0 spiro atoms. The van der Waals surface area contributed by atoms with Crippen molar-refractivity contribution in [1.29, 1.82) is 0 Å². The lowest BCUT2D eigenvalue weighted by Crippen LogP contribution is -2.39. The van der Waals surface area contributed by atoms with Gasteiger partial charge >= 0.3 is 12.1 Å². The molecule has 0 unspecified atom stereocenters. The van der Waals surface area contributed by atoms with E-state index in [1.165, 1.54) is 37.6 Å². The first-order valence-electron chi connectivity index (χ1n) is 8.67. The number of carbonyl (C=O) groups excluding carboxylic acids is 2. The third kappa shape index (κ3) is 6.69. The fraction of sp³-hybridized carbons (Fsp3) is 0.211. The van der Waals surface area contributed by atoms with Gasteiger partial charge < -0.3 is 4.74 Å². The normalized spacial score (nSPS) is 11.9. The Morgan fingerprint density at radius 2 is 1.81 bits per heavy atom. The molecule has 0 radical (unpaired) electrons. The van der Waals surface area contributed by atoms with Crippen molar-refractivity contribution in [3.63, 3.8) is 0 Å². The van der Waals surface area contributed by atoms with Gasteiger partial charge in [-0.05, 0) is 35.9 Å². The van der Waals surface area contributed by atoms with Gasteiger partial charge in [0.05, 0.1) is 41.4 Å². The van der Waals surface area contributed by atoms with E-state index in [0.717, 1.165) is 12.3 Å². The SMILES string of the molecule is COC(=O)c1ccc(/C=N/NC(=O)CN(c2cc(C(F)(F)F)ccc2Cl)S(C)(=O)=O)cc1. The molecule has 2 rings (SSSR count). The molecule has 0 aliphatic heterocycles. The van der Waals surface area contributed by atoms with Crippen LogP contribution in [0.5, 0.6) is 0 Å². The van der Waals surface area contributed by atoms with E-state index in [1.807, 2.05) is 0 Å². The number of benzene rings is 2. The number of hydrogen-bond donors (Lipinski definition) is 1. The van der Waals surface area contributed by atoms with E-state index < -0.39 is 45.9 Å². The summed E-state index contributed by atoms with van der Waals surface area (Å²) in [4.78, 5) is 23.6. The second-order valence-corrected chi connectivity index (χ2v) is 8.65. The van der Waals surface area contributed by atoms with Gasteiger partial charge in [0.1, 0.15) is 6.54 Å². The summed E-state index contributed by atoms with van der Waals surface area (Å²) in [7, 11) is -2.93. The number of halogens is 4. The molecular weight excluding hydrogens is 475 g/mol. The van der Waals surface area contributed by atoms with Crippen LogP contribution in [0.4, 0.5) is 18.9 Å². The van der Waals surface area contributed by atoms with Crippen molar-refractivity contribution in [2.24, 2.45) is 5.10 Å². The molecule has 8 nitrogen and oxygen atoms in total. The maximum Gasteiger partial charge on any atom is 0.416 e. The Labute approximate surface area is 186 Å². The number of hydrogen-bond acceptors (Lipinski definition) is 6. The van der Waals surface area contributed by atoms with Crippen molar-refractivity contribution >= 4 is 45.4 Å². The number of carbonyl (C=O) groups is 2. The van der Waals surface area contributed by atoms with E-state index in [-0.39, 0.29) is 5.02 Å². The van der Waals surface area contributed by atoms with Crippen LogP contribution in [-0.4, -0.2) is 46.4 Å². The monoisotopic (exact) mass is 491 g/mol. The largest absolute Gasteiger partial charge is 0.465 e. The molecule has 1 amide bonds. The first-order valence-corrected chi connectivity index (χ1v) is 10.9. The number of sulfonamides is 1. The van der Waals surface area contributed by atoms with Gasteiger partial charge in [0.15, 0.2) is 0 Å². The average Bonchev–Trinajstić information content (AvgIpc) is 2.71. The highest BCUT2D eigenvalue weighted by Crippen LogP contribution is 2.36. The molecule has 0 saturated carbocycles. The maximum atomic E-state index is 13.0. The zero-order chi connectivity index (χ0) is 24.1. The highest BCUT2D eigenvalue weighted by molar-refractivity contribution is 7.92. The highest BCUT2D eigenvalue weighted by atomic mass is 35.5. The van der Waals surface area contributed by atoms with Crippen LogP contribution in [0.25, 0.3) is 0 Å². The predicted octanol–water partition coefficient (Wildman–Crippen LogP) is 3.06. The number of anilines is 1. The number of nitrogens with one attached hydrogen (secondary N) is 1. The van der Waals surface area contributed by atoms with Gasteiger partial charge in [-0.15, -0.1) is 0 Å². The van der Waals surface area contributed by atoms with Gasteiger partial charge in [0.2, 0.25) is 10.0 Å². The third-order valence-corrected chi connectivity index (χ3v) is 5.41. The minimum absolute atomic E-state index is 0.287. The molecule has 172 valence electrons. The number of methoxy groups -OCH3 is 1. The average molecular weight is 492 g/mol. The molecule has 0 aliphatic rings. The van der Waals surface area contributed by atoms with Gasteiger partial charge in [-0.2, -0.15) is 18.3 Å². The Bertz CT molecular complexity index is 1140.